The molecule has 1 rings (SSSR count). The molecule has 0 unspecified atom stereocenters. The topological polar surface area (TPSA) is 91.0 Å². The van der Waals surface area contributed by atoms with E-state index in [2.05, 4.69) is 0 Å². The number of nitrogens with two attached hydrogens (primary N) is 1. The van der Waals surface area contributed by atoms with Crippen LogP contribution < -0.4 is 15.2 Å². The molecule has 0 aliphatic heterocycles. The van der Waals surface area contributed by atoms with Crippen molar-refractivity contribution in [3.05, 3.63) is 18.2 Å². The number of hydrogen-bond donors (Lipinski definition) is 2. The fraction of sp³-hybridized carbons (Fsp3) is 0.562. The molecule has 124 valence electrons. The van der Waals surface area contributed by atoms with Gasteiger partial charge in [-0.2, -0.15) is 0 Å². The van der Waals surface area contributed by atoms with Crippen molar-refractivity contribution in [1.82, 2.24) is 0 Å². The van der Waals surface area contributed by atoms with E-state index in [0.29, 0.717) is 17.2 Å². The van der Waals surface area contributed by atoms with Crippen LogP contribution in [0, 0.1) is 0 Å². The number of benzene rings is 1. The Morgan fingerprint density at radius 2 is 1.73 bits per heavy atom. The SMILES string of the molecule is COc1cc(N)cc(OC(C)(C)COC(C)(C)CC(=O)O)c1. The van der Waals surface area contributed by atoms with Crippen LogP contribution in [0.15, 0.2) is 18.2 Å². The molecule has 0 amide bonds. The van der Waals surface area contributed by atoms with Gasteiger partial charge in [0, 0.05) is 23.9 Å². The van der Waals surface area contributed by atoms with E-state index in [9.17, 15) is 4.79 Å². The first kappa shape index (κ1) is 18.1. The van der Waals surface area contributed by atoms with E-state index in [1.165, 1.54) is 0 Å². The van der Waals surface area contributed by atoms with Crippen LogP contribution in [0.1, 0.15) is 34.1 Å². The Bertz CT molecular complexity index is 525. The van der Waals surface area contributed by atoms with Crippen LogP contribution in [-0.4, -0.2) is 36.0 Å². The summed E-state index contributed by atoms with van der Waals surface area (Å²) in [5, 5.41) is 8.86. The average molecular weight is 311 g/mol. The minimum Gasteiger partial charge on any atom is -0.497 e. The van der Waals surface area contributed by atoms with Gasteiger partial charge >= 0.3 is 5.97 Å². The van der Waals surface area contributed by atoms with E-state index >= 15 is 0 Å². The van der Waals surface area contributed by atoms with Gasteiger partial charge < -0.3 is 25.1 Å². The summed E-state index contributed by atoms with van der Waals surface area (Å²) < 4.78 is 16.7. The molecule has 6 nitrogen and oxygen atoms in total. The number of hydrogen-bond acceptors (Lipinski definition) is 5. The van der Waals surface area contributed by atoms with E-state index in [1.807, 2.05) is 13.8 Å². The molecular weight excluding hydrogens is 286 g/mol. The molecule has 0 radical (unpaired) electrons. The van der Waals surface area contributed by atoms with Gasteiger partial charge in [-0.25, -0.2) is 0 Å². The molecule has 0 saturated heterocycles. The monoisotopic (exact) mass is 311 g/mol. The first-order valence-corrected chi connectivity index (χ1v) is 7.02. The third-order valence-corrected chi connectivity index (χ3v) is 2.92. The van der Waals surface area contributed by atoms with E-state index in [4.69, 9.17) is 25.1 Å². The molecule has 0 fully saturated rings. The number of carboxylic acids is 1. The lowest BCUT2D eigenvalue weighted by Crippen LogP contribution is -2.39. The van der Waals surface area contributed by atoms with Crippen molar-refractivity contribution in [2.24, 2.45) is 0 Å². The summed E-state index contributed by atoms with van der Waals surface area (Å²) in [6.07, 6.45) is -0.0742. The van der Waals surface area contributed by atoms with Crippen molar-refractivity contribution >= 4 is 11.7 Å². The molecule has 0 atom stereocenters. The summed E-state index contributed by atoms with van der Waals surface area (Å²) in [6, 6.07) is 5.14. The van der Waals surface area contributed by atoms with Gasteiger partial charge in [0.05, 0.1) is 25.7 Å². The molecule has 0 aliphatic carbocycles. The number of methoxy groups -OCH3 is 1. The smallest absolute Gasteiger partial charge is 0.306 e. The maximum absolute atomic E-state index is 10.8. The standard InChI is InChI=1S/C16H25NO5/c1-15(2,9-14(18)19)21-10-16(3,4)22-13-7-11(17)6-12(8-13)20-5/h6-8H,9-10,17H2,1-5H3,(H,18,19). The molecule has 3 N–H and O–H groups in total. The highest BCUT2D eigenvalue weighted by Crippen LogP contribution is 2.28. The van der Waals surface area contributed by atoms with Crippen molar-refractivity contribution in [2.45, 2.75) is 45.3 Å². The second-order valence-electron chi connectivity index (χ2n) is 6.42. The zero-order chi connectivity index (χ0) is 17.0. The van der Waals surface area contributed by atoms with Crippen molar-refractivity contribution < 1.29 is 24.1 Å². The summed E-state index contributed by atoms with van der Waals surface area (Å²) >= 11 is 0. The van der Waals surface area contributed by atoms with Gasteiger partial charge in [0.25, 0.3) is 0 Å². The molecule has 1 aromatic carbocycles. The third kappa shape index (κ3) is 6.22. The van der Waals surface area contributed by atoms with Gasteiger partial charge in [-0.1, -0.05) is 0 Å². The quantitative estimate of drug-likeness (QED) is 0.717. The summed E-state index contributed by atoms with van der Waals surface area (Å²) in [5.41, 5.74) is 4.93. The normalized spacial score (nSPS) is 12.0. The molecule has 0 saturated carbocycles. The van der Waals surface area contributed by atoms with Crippen LogP contribution in [-0.2, 0) is 9.53 Å². The van der Waals surface area contributed by atoms with Crippen molar-refractivity contribution in [2.75, 3.05) is 19.5 Å². The van der Waals surface area contributed by atoms with Crippen molar-refractivity contribution in [1.29, 1.82) is 0 Å². The average Bonchev–Trinajstić information content (AvgIpc) is 2.34. The predicted molar refractivity (Wildman–Crippen MR) is 84.4 cm³/mol. The molecule has 0 aliphatic rings. The lowest BCUT2D eigenvalue weighted by molar-refractivity contribution is -0.147. The van der Waals surface area contributed by atoms with E-state index < -0.39 is 17.2 Å². The lowest BCUT2D eigenvalue weighted by Gasteiger charge is -2.31. The van der Waals surface area contributed by atoms with Crippen LogP contribution in [0.4, 0.5) is 5.69 Å². The predicted octanol–water partition coefficient (Wildman–Crippen LogP) is 2.70. The number of aliphatic carboxylic acids is 1. The molecule has 0 aromatic heterocycles. The number of ether oxygens (including phenoxy) is 3. The van der Waals surface area contributed by atoms with Crippen LogP contribution in [0.5, 0.6) is 11.5 Å². The Balaban J connectivity index is 2.71. The van der Waals surface area contributed by atoms with Gasteiger partial charge in [-0.15, -0.1) is 0 Å². The van der Waals surface area contributed by atoms with Crippen LogP contribution in [0.3, 0.4) is 0 Å². The van der Waals surface area contributed by atoms with Crippen molar-refractivity contribution in [3.8, 4) is 11.5 Å². The molecular formula is C16H25NO5. The Hall–Kier alpha value is -1.95. The molecule has 0 bridgehead atoms. The van der Waals surface area contributed by atoms with Gasteiger partial charge in [-0.3, -0.25) is 4.79 Å². The van der Waals surface area contributed by atoms with Crippen LogP contribution >= 0.6 is 0 Å². The zero-order valence-electron chi connectivity index (χ0n) is 13.8. The minimum absolute atomic E-state index is 0.0742. The number of carbonyl (C=O) groups is 1. The molecule has 0 heterocycles. The van der Waals surface area contributed by atoms with Gasteiger partial charge in [0.1, 0.15) is 17.1 Å². The Kier molecular flexibility index (Phi) is 5.65. The van der Waals surface area contributed by atoms with Gasteiger partial charge in [0.15, 0.2) is 0 Å². The summed E-state index contributed by atoms with van der Waals surface area (Å²) in [6.45, 7) is 7.44. The highest BCUT2D eigenvalue weighted by molar-refractivity contribution is 5.67. The van der Waals surface area contributed by atoms with E-state index in [1.54, 1.807) is 39.2 Å². The molecule has 22 heavy (non-hydrogen) atoms. The van der Waals surface area contributed by atoms with Crippen molar-refractivity contribution in [3.63, 3.8) is 0 Å². The minimum atomic E-state index is -0.899. The number of rotatable bonds is 8. The summed E-state index contributed by atoms with van der Waals surface area (Å²) in [5.74, 6) is 0.281. The summed E-state index contributed by atoms with van der Waals surface area (Å²) in [4.78, 5) is 10.8. The second-order valence-corrected chi connectivity index (χ2v) is 6.42. The third-order valence-electron chi connectivity index (χ3n) is 2.92. The van der Waals surface area contributed by atoms with E-state index in [-0.39, 0.29) is 13.0 Å². The largest absolute Gasteiger partial charge is 0.497 e. The molecule has 1 aromatic rings. The highest BCUT2D eigenvalue weighted by atomic mass is 16.6. The van der Waals surface area contributed by atoms with Gasteiger partial charge in [0.2, 0.25) is 0 Å². The lowest BCUT2D eigenvalue weighted by atomic mass is 10.0. The number of nitrogen functional groups attached to an aromatic ring is 1. The molecule has 6 heteroatoms. The van der Waals surface area contributed by atoms with Crippen LogP contribution in [0.2, 0.25) is 0 Å². The Morgan fingerprint density at radius 1 is 1.14 bits per heavy atom. The number of anilines is 1. The number of carboxylic acid groups (broad SMARTS) is 1. The Labute approximate surface area is 131 Å². The maximum atomic E-state index is 10.8. The van der Waals surface area contributed by atoms with Crippen LogP contribution in [0.25, 0.3) is 0 Å². The first-order valence-electron chi connectivity index (χ1n) is 7.02. The van der Waals surface area contributed by atoms with E-state index in [0.717, 1.165) is 0 Å². The fourth-order valence-electron chi connectivity index (χ4n) is 1.90. The maximum Gasteiger partial charge on any atom is 0.306 e. The fourth-order valence-corrected chi connectivity index (χ4v) is 1.90. The first-order chi connectivity index (χ1) is 10.0. The van der Waals surface area contributed by atoms with Gasteiger partial charge in [-0.05, 0) is 27.7 Å². The zero-order valence-corrected chi connectivity index (χ0v) is 13.8. The second kappa shape index (κ2) is 6.87. The highest BCUT2D eigenvalue weighted by Gasteiger charge is 2.28. The Morgan fingerprint density at radius 3 is 2.27 bits per heavy atom. The summed E-state index contributed by atoms with van der Waals surface area (Å²) in [7, 11) is 1.56. The molecule has 0 spiro atoms.